The summed E-state index contributed by atoms with van der Waals surface area (Å²) in [4.78, 5) is 4.34. The first-order valence-corrected chi connectivity index (χ1v) is 20.0. The Morgan fingerprint density at radius 3 is 1.33 bits per heavy atom. The summed E-state index contributed by atoms with van der Waals surface area (Å²) in [5, 5.41) is 55.2. The Bertz CT molecular complexity index is 2620. The van der Waals surface area contributed by atoms with E-state index in [1.807, 2.05) is 86.6 Å². The second-order valence-corrected chi connectivity index (χ2v) is 15.1. The Kier molecular flexibility index (Phi) is 9.82. The van der Waals surface area contributed by atoms with Gasteiger partial charge in [-0.25, -0.2) is 0 Å². The largest absolute Gasteiger partial charge is 0.851 e. The van der Waals surface area contributed by atoms with Gasteiger partial charge in [0.25, 0.3) is 0 Å². The number of fused-ring (bicyclic) bond motifs is 2. The normalized spacial score (nSPS) is 17.6. The molecule has 1 aliphatic rings. The molecule has 58 heavy (non-hydrogen) atoms. The summed E-state index contributed by atoms with van der Waals surface area (Å²) in [6, 6.07) is 56.5. The first-order chi connectivity index (χ1) is 28.4. The highest BCUT2D eigenvalue weighted by Gasteiger charge is 2.41. The van der Waals surface area contributed by atoms with Crippen molar-refractivity contribution in [2.24, 2.45) is 0 Å². The minimum absolute atomic E-state index is 0.0432. The van der Waals surface area contributed by atoms with Gasteiger partial charge in [0.05, 0.1) is 11.4 Å². The van der Waals surface area contributed by atoms with Crippen molar-refractivity contribution in [1.82, 2.24) is 0 Å². The molecule has 0 radical (unpaired) electrons. The number of anilines is 4. The molecule has 0 aliphatic heterocycles. The molecule has 4 atom stereocenters. The van der Waals surface area contributed by atoms with Gasteiger partial charge in [0.2, 0.25) is 0 Å². The third kappa shape index (κ3) is 6.31. The molecule has 1 saturated carbocycles. The minimum atomic E-state index is -1.34. The molecule has 6 nitrogen and oxygen atoms in total. The Labute approximate surface area is 339 Å². The molecule has 1 fully saturated rings. The monoisotopic (exact) mass is 760 g/mol. The molecule has 0 saturated heterocycles. The first-order valence-electron chi connectivity index (χ1n) is 20.0. The standard InChI is InChI=1S/C52H44N2O4/c1-3-53(4-2)37-25-29-43(45(55)31-37)47-51(57)48(52(47)58)44-30-26-38(32-46(44)56)54(49-39-21-13-11-19-35(39)23-27-41(49)33-15-7-5-8-16-33)50-40-22-14-12-20-36(40)24-28-42(50)34-17-9-6-10-18-34/h5-32,47-48,51-52,55-56H,3-4H2,1-2H3/q-2/t47?,48?,51-,52?/m0/s1. The number of aromatic hydroxyl groups is 2. The maximum absolute atomic E-state index is 14.0. The molecule has 1 aliphatic carbocycles. The van der Waals surface area contributed by atoms with E-state index in [4.69, 9.17) is 0 Å². The average Bonchev–Trinajstić information content (AvgIpc) is 3.26. The maximum atomic E-state index is 14.0. The van der Waals surface area contributed by atoms with Gasteiger partial charge in [-0.2, -0.15) is 0 Å². The van der Waals surface area contributed by atoms with Crippen LogP contribution in [0.1, 0.15) is 36.8 Å². The van der Waals surface area contributed by atoms with Crippen LogP contribution in [0.3, 0.4) is 0 Å². The second-order valence-electron chi connectivity index (χ2n) is 15.1. The zero-order valence-electron chi connectivity index (χ0n) is 32.5. The first kappa shape index (κ1) is 37.0. The number of hydrogen-bond donors (Lipinski definition) is 2. The lowest BCUT2D eigenvalue weighted by Gasteiger charge is -2.61. The van der Waals surface area contributed by atoms with Gasteiger partial charge in [0, 0.05) is 58.5 Å². The van der Waals surface area contributed by atoms with Crippen LogP contribution in [0.2, 0.25) is 0 Å². The molecule has 9 rings (SSSR count). The Morgan fingerprint density at radius 1 is 0.466 bits per heavy atom. The van der Waals surface area contributed by atoms with E-state index in [0.717, 1.165) is 74.0 Å². The van der Waals surface area contributed by atoms with E-state index in [2.05, 4.69) is 82.6 Å². The summed E-state index contributed by atoms with van der Waals surface area (Å²) in [6.07, 6.45) is -2.68. The van der Waals surface area contributed by atoms with Gasteiger partial charge < -0.3 is 30.2 Å². The minimum Gasteiger partial charge on any atom is -0.851 e. The summed E-state index contributed by atoms with van der Waals surface area (Å²) in [7, 11) is 0. The number of benzene rings is 8. The van der Waals surface area contributed by atoms with Crippen LogP contribution in [0.4, 0.5) is 22.7 Å². The van der Waals surface area contributed by atoms with Crippen LogP contribution in [-0.2, 0) is 0 Å². The number of phenols is 2. The lowest BCUT2D eigenvalue weighted by molar-refractivity contribution is -0.536. The molecular weight excluding hydrogens is 717 g/mol. The average molecular weight is 761 g/mol. The van der Waals surface area contributed by atoms with Gasteiger partial charge in [-0.3, -0.25) is 0 Å². The van der Waals surface area contributed by atoms with Gasteiger partial charge in [-0.1, -0.05) is 146 Å². The molecule has 8 aromatic carbocycles. The van der Waals surface area contributed by atoms with E-state index in [1.54, 1.807) is 24.3 Å². The van der Waals surface area contributed by atoms with Crippen molar-refractivity contribution in [2.75, 3.05) is 22.9 Å². The van der Waals surface area contributed by atoms with E-state index in [0.29, 0.717) is 16.8 Å². The molecule has 2 N–H and O–H groups in total. The van der Waals surface area contributed by atoms with Crippen molar-refractivity contribution in [2.45, 2.75) is 37.9 Å². The predicted octanol–water partition coefficient (Wildman–Crippen LogP) is 10.4. The Balaban J connectivity index is 1.23. The van der Waals surface area contributed by atoms with Gasteiger partial charge in [0.15, 0.2) is 0 Å². The molecule has 0 heterocycles. The number of phenolic OH excluding ortho intramolecular Hbond substituents is 2. The van der Waals surface area contributed by atoms with Crippen LogP contribution in [0.15, 0.2) is 170 Å². The van der Waals surface area contributed by atoms with E-state index < -0.39 is 24.0 Å². The van der Waals surface area contributed by atoms with Gasteiger partial charge in [0.1, 0.15) is 11.5 Å². The van der Waals surface area contributed by atoms with E-state index in [1.165, 1.54) is 0 Å². The van der Waals surface area contributed by atoms with E-state index in [9.17, 15) is 20.4 Å². The molecule has 3 unspecified atom stereocenters. The molecular formula is C52H44N2O4-2. The summed E-state index contributed by atoms with van der Waals surface area (Å²) >= 11 is 0. The van der Waals surface area contributed by atoms with Crippen LogP contribution in [0.5, 0.6) is 11.5 Å². The number of hydrogen-bond acceptors (Lipinski definition) is 6. The number of nitrogens with zero attached hydrogens (tertiary/aromatic N) is 2. The zero-order valence-corrected chi connectivity index (χ0v) is 32.5. The van der Waals surface area contributed by atoms with Crippen LogP contribution in [0.25, 0.3) is 43.8 Å². The van der Waals surface area contributed by atoms with E-state index >= 15 is 0 Å². The molecule has 0 aromatic heterocycles. The fourth-order valence-corrected chi connectivity index (χ4v) is 9.00. The third-order valence-corrected chi connectivity index (χ3v) is 12.0. The summed E-state index contributed by atoms with van der Waals surface area (Å²) in [6.45, 7) is 5.61. The second kappa shape index (κ2) is 15.4. The van der Waals surface area contributed by atoms with Gasteiger partial charge in [-0.15, -0.1) is 12.2 Å². The SMILES string of the molecule is CCN(CC)c1ccc(C2C([O-])C(c3ccc(N(c4c(-c5ccccc5)ccc5ccccc45)c4c(-c5ccccc5)ccc5ccccc45)cc3O)[C@H]2[O-])c(O)c1. The van der Waals surface area contributed by atoms with Crippen molar-refractivity contribution >= 4 is 44.3 Å². The lowest BCUT2D eigenvalue weighted by atomic mass is 9.63. The lowest BCUT2D eigenvalue weighted by Crippen LogP contribution is -2.63. The van der Waals surface area contributed by atoms with Crippen molar-refractivity contribution in [1.29, 1.82) is 0 Å². The fourth-order valence-electron chi connectivity index (χ4n) is 9.00. The van der Waals surface area contributed by atoms with Gasteiger partial charge in [-0.05, 0) is 70.8 Å². The van der Waals surface area contributed by atoms with Crippen LogP contribution in [-0.4, -0.2) is 35.5 Å². The Hall–Kier alpha value is -6.60. The number of rotatable bonds is 10. The summed E-state index contributed by atoms with van der Waals surface area (Å²) in [5.41, 5.74) is 8.14. The van der Waals surface area contributed by atoms with Crippen molar-refractivity contribution in [3.63, 3.8) is 0 Å². The smallest absolute Gasteiger partial charge is 0.121 e. The van der Waals surface area contributed by atoms with Gasteiger partial charge >= 0.3 is 0 Å². The van der Waals surface area contributed by atoms with Crippen molar-refractivity contribution in [3.8, 4) is 33.8 Å². The summed E-state index contributed by atoms with van der Waals surface area (Å²) in [5.74, 6) is -2.07. The fraction of sp³-hybridized carbons (Fsp3) is 0.154. The van der Waals surface area contributed by atoms with Crippen LogP contribution in [0, 0.1) is 0 Å². The zero-order chi connectivity index (χ0) is 39.9. The third-order valence-electron chi connectivity index (χ3n) is 12.0. The highest BCUT2D eigenvalue weighted by Crippen LogP contribution is 2.54. The molecule has 8 aromatic rings. The molecule has 0 amide bonds. The highest BCUT2D eigenvalue weighted by molar-refractivity contribution is 6.12. The van der Waals surface area contributed by atoms with Crippen molar-refractivity contribution in [3.05, 3.63) is 181 Å². The topological polar surface area (TPSA) is 93.1 Å². The Morgan fingerprint density at radius 2 is 0.879 bits per heavy atom. The maximum Gasteiger partial charge on any atom is 0.121 e. The predicted molar refractivity (Wildman–Crippen MR) is 233 cm³/mol. The molecule has 288 valence electrons. The van der Waals surface area contributed by atoms with E-state index in [-0.39, 0.29) is 11.5 Å². The quantitative estimate of drug-likeness (QED) is 0.144. The van der Waals surface area contributed by atoms with Crippen LogP contribution < -0.4 is 20.0 Å². The molecule has 0 bridgehead atoms. The highest BCUT2D eigenvalue weighted by atomic mass is 16.3. The van der Waals surface area contributed by atoms with Crippen molar-refractivity contribution < 1.29 is 20.4 Å². The molecule has 6 heteroatoms. The van der Waals surface area contributed by atoms with Crippen LogP contribution >= 0.6 is 0 Å². The molecule has 0 spiro atoms. The summed E-state index contributed by atoms with van der Waals surface area (Å²) < 4.78 is 0.